The van der Waals surface area contributed by atoms with Crippen molar-refractivity contribution in [3.63, 3.8) is 0 Å². The van der Waals surface area contributed by atoms with Gasteiger partial charge in [0.05, 0.1) is 45.6 Å². The number of esters is 1. The van der Waals surface area contributed by atoms with Crippen LogP contribution in [0, 0.1) is 0 Å². The molecule has 0 amide bonds. The molecule has 12 heteroatoms. The number of methoxy groups -OCH3 is 1. The number of nitrogens with zero attached hydrogens (tertiary/aromatic N) is 2. The Balaban J connectivity index is 1.55. The second kappa shape index (κ2) is 13.3. The first-order valence-electron chi connectivity index (χ1n) is 13.8. The number of aromatic carboxylic acids is 1. The summed E-state index contributed by atoms with van der Waals surface area (Å²) in [4.78, 5) is 43.6. The van der Waals surface area contributed by atoms with Crippen molar-refractivity contribution in [2.45, 2.75) is 39.5 Å². The van der Waals surface area contributed by atoms with Crippen LogP contribution in [0.3, 0.4) is 0 Å². The highest BCUT2D eigenvalue weighted by Crippen LogP contribution is 2.37. The SMILES string of the molecule is COc1cc(/C=c2/sc3n(c2=O)[C@@H](c2ccc(Cl)cc2)C(C(=O)OC(C)C)=C(C)N=3)cc(Cl)c1OCc1cccc(C(=O)O)c1. The molecule has 9 nitrogen and oxygen atoms in total. The van der Waals surface area contributed by atoms with E-state index in [1.165, 1.54) is 35.1 Å². The van der Waals surface area contributed by atoms with Crippen molar-refractivity contribution in [1.82, 2.24) is 4.57 Å². The van der Waals surface area contributed by atoms with Gasteiger partial charge in [-0.1, -0.05) is 58.8 Å². The number of thiazole rings is 1. The first-order chi connectivity index (χ1) is 21.5. The maximum absolute atomic E-state index is 14.0. The van der Waals surface area contributed by atoms with Crippen molar-refractivity contribution >= 4 is 52.6 Å². The molecule has 0 saturated heterocycles. The van der Waals surface area contributed by atoms with Gasteiger partial charge >= 0.3 is 11.9 Å². The predicted molar refractivity (Wildman–Crippen MR) is 172 cm³/mol. The summed E-state index contributed by atoms with van der Waals surface area (Å²) in [7, 11) is 1.47. The molecule has 1 aromatic heterocycles. The minimum absolute atomic E-state index is 0.0563. The molecule has 0 fully saturated rings. The number of rotatable bonds is 9. The third-order valence-corrected chi connectivity index (χ3v) is 8.39. The van der Waals surface area contributed by atoms with Gasteiger partial charge in [0.1, 0.15) is 6.61 Å². The largest absolute Gasteiger partial charge is 0.493 e. The quantitative estimate of drug-likeness (QED) is 0.225. The number of ether oxygens (including phenoxy) is 3. The molecule has 0 unspecified atom stereocenters. The van der Waals surface area contributed by atoms with E-state index in [-0.39, 0.29) is 40.2 Å². The van der Waals surface area contributed by atoms with Gasteiger partial charge in [0.2, 0.25) is 0 Å². The highest BCUT2D eigenvalue weighted by molar-refractivity contribution is 7.07. The van der Waals surface area contributed by atoms with E-state index in [4.69, 9.17) is 37.4 Å². The molecule has 45 heavy (non-hydrogen) atoms. The van der Waals surface area contributed by atoms with E-state index in [9.17, 15) is 19.5 Å². The molecule has 232 valence electrons. The average Bonchev–Trinajstić information content (AvgIpc) is 3.29. The van der Waals surface area contributed by atoms with Crippen LogP contribution in [0.2, 0.25) is 10.0 Å². The monoisotopic (exact) mass is 666 g/mol. The lowest BCUT2D eigenvalue weighted by Crippen LogP contribution is -2.40. The molecule has 5 rings (SSSR count). The smallest absolute Gasteiger partial charge is 0.338 e. The summed E-state index contributed by atoms with van der Waals surface area (Å²) in [6.45, 7) is 5.29. The lowest BCUT2D eigenvalue weighted by molar-refractivity contribution is -0.143. The number of fused-ring (bicyclic) bond motifs is 1. The van der Waals surface area contributed by atoms with Crippen molar-refractivity contribution in [2.75, 3.05) is 7.11 Å². The van der Waals surface area contributed by atoms with E-state index in [1.54, 1.807) is 75.4 Å². The summed E-state index contributed by atoms with van der Waals surface area (Å²) in [5.41, 5.74) is 2.40. The predicted octanol–water partition coefficient (Wildman–Crippen LogP) is 5.78. The third-order valence-electron chi connectivity index (χ3n) is 6.88. The van der Waals surface area contributed by atoms with E-state index < -0.39 is 18.0 Å². The van der Waals surface area contributed by atoms with Crippen LogP contribution in [-0.2, 0) is 16.1 Å². The molecular formula is C33H28Cl2N2O7S. The number of hydrogen-bond donors (Lipinski definition) is 1. The Bertz CT molecular complexity index is 2010. The number of allylic oxidation sites excluding steroid dienone is 1. The first kappa shape index (κ1) is 32.0. The lowest BCUT2D eigenvalue weighted by atomic mass is 9.96. The Labute approximate surface area is 272 Å². The van der Waals surface area contributed by atoms with Gasteiger partial charge in [-0.25, -0.2) is 14.6 Å². The molecule has 1 atom stereocenters. The molecule has 1 aliphatic rings. The molecule has 0 bridgehead atoms. The Hall–Kier alpha value is -4.38. The van der Waals surface area contributed by atoms with E-state index in [0.717, 1.165) is 0 Å². The molecule has 1 aliphatic heterocycles. The molecule has 0 radical (unpaired) electrons. The maximum Gasteiger partial charge on any atom is 0.338 e. The lowest BCUT2D eigenvalue weighted by Gasteiger charge is -2.25. The number of benzene rings is 3. The fourth-order valence-corrected chi connectivity index (χ4v) is 6.33. The van der Waals surface area contributed by atoms with Gasteiger partial charge in [0, 0.05) is 5.02 Å². The summed E-state index contributed by atoms with van der Waals surface area (Å²) < 4.78 is 18.9. The van der Waals surface area contributed by atoms with Crippen LogP contribution in [0.25, 0.3) is 6.08 Å². The van der Waals surface area contributed by atoms with Crippen molar-refractivity contribution in [3.8, 4) is 11.5 Å². The highest BCUT2D eigenvalue weighted by Gasteiger charge is 2.33. The van der Waals surface area contributed by atoms with Gasteiger partial charge in [0.15, 0.2) is 16.3 Å². The summed E-state index contributed by atoms with van der Waals surface area (Å²) in [6.07, 6.45) is 1.30. The summed E-state index contributed by atoms with van der Waals surface area (Å²) in [5.74, 6) is -1.000. The van der Waals surface area contributed by atoms with E-state index in [1.807, 2.05) is 0 Å². The normalized spacial score (nSPS) is 14.6. The van der Waals surface area contributed by atoms with Gasteiger partial charge in [-0.2, -0.15) is 0 Å². The second-order valence-corrected chi connectivity index (χ2v) is 12.3. The maximum atomic E-state index is 14.0. The molecule has 0 saturated carbocycles. The minimum Gasteiger partial charge on any atom is -0.493 e. The summed E-state index contributed by atoms with van der Waals surface area (Å²) >= 11 is 13.9. The number of carbonyl (C=O) groups excluding carboxylic acids is 1. The van der Waals surface area contributed by atoms with Crippen LogP contribution in [0.15, 0.2) is 81.7 Å². The fourth-order valence-electron chi connectivity index (χ4n) is 4.88. The van der Waals surface area contributed by atoms with Crippen molar-refractivity contribution in [1.29, 1.82) is 0 Å². The van der Waals surface area contributed by atoms with Crippen LogP contribution < -0.4 is 24.4 Å². The molecule has 4 aromatic rings. The molecule has 0 spiro atoms. The van der Waals surface area contributed by atoms with Crippen LogP contribution in [0.1, 0.15) is 53.9 Å². The molecule has 1 N–H and O–H groups in total. The third kappa shape index (κ3) is 6.83. The van der Waals surface area contributed by atoms with Crippen molar-refractivity contribution in [3.05, 3.63) is 124 Å². The van der Waals surface area contributed by atoms with Gasteiger partial charge in [-0.05, 0) is 79.9 Å². The van der Waals surface area contributed by atoms with Crippen LogP contribution in [0.5, 0.6) is 11.5 Å². The molecule has 2 heterocycles. The topological polar surface area (TPSA) is 116 Å². The highest BCUT2D eigenvalue weighted by atomic mass is 35.5. The Morgan fingerprint density at radius 1 is 1.11 bits per heavy atom. The Morgan fingerprint density at radius 3 is 2.51 bits per heavy atom. The van der Waals surface area contributed by atoms with Gasteiger partial charge < -0.3 is 19.3 Å². The van der Waals surface area contributed by atoms with E-state index in [0.29, 0.717) is 42.5 Å². The first-order valence-corrected chi connectivity index (χ1v) is 15.4. The van der Waals surface area contributed by atoms with Crippen LogP contribution >= 0.6 is 34.5 Å². The summed E-state index contributed by atoms with van der Waals surface area (Å²) in [6, 6.07) is 15.9. The van der Waals surface area contributed by atoms with Crippen molar-refractivity contribution in [2.24, 2.45) is 4.99 Å². The fraction of sp³-hybridized carbons (Fsp3) is 0.212. The zero-order valence-electron chi connectivity index (χ0n) is 24.7. The number of aromatic nitrogens is 1. The Morgan fingerprint density at radius 2 is 1.84 bits per heavy atom. The Kier molecular flexibility index (Phi) is 9.48. The molecular weight excluding hydrogens is 639 g/mol. The number of carbonyl (C=O) groups is 2. The number of carboxylic acid groups (broad SMARTS) is 1. The number of halogens is 2. The van der Waals surface area contributed by atoms with Gasteiger partial charge in [0.25, 0.3) is 5.56 Å². The summed E-state index contributed by atoms with van der Waals surface area (Å²) in [5, 5.41) is 10.0. The zero-order chi connectivity index (χ0) is 32.4. The number of hydrogen-bond acceptors (Lipinski definition) is 8. The minimum atomic E-state index is -1.04. The van der Waals surface area contributed by atoms with E-state index >= 15 is 0 Å². The van der Waals surface area contributed by atoms with Crippen LogP contribution in [-0.4, -0.2) is 34.8 Å². The van der Waals surface area contributed by atoms with Crippen LogP contribution in [0.4, 0.5) is 0 Å². The standard InChI is InChI=1S/C33H28Cl2N2O7S/c1-17(2)44-32(41)27-18(3)36-33-37(28(27)21-8-10-23(34)11-9-21)30(38)26(45-33)15-20-13-24(35)29(25(14-20)42-4)43-16-19-6-5-7-22(12-19)31(39)40/h5-15,17,28H,16H2,1-4H3,(H,39,40)/b26-15+/t28-/m0/s1. The molecule has 0 aliphatic carbocycles. The van der Waals surface area contributed by atoms with E-state index in [2.05, 4.69) is 4.99 Å². The molecule has 3 aromatic carbocycles. The van der Waals surface area contributed by atoms with Gasteiger partial charge in [-0.3, -0.25) is 9.36 Å². The van der Waals surface area contributed by atoms with Gasteiger partial charge in [-0.15, -0.1) is 0 Å². The van der Waals surface area contributed by atoms with Crippen molar-refractivity contribution < 1.29 is 28.9 Å². The average molecular weight is 668 g/mol. The number of carboxylic acids is 1. The second-order valence-electron chi connectivity index (χ2n) is 10.4. The zero-order valence-corrected chi connectivity index (χ0v) is 27.0.